The average molecular weight is 301 g/mol. The highest BCUT2D eigenvalue weighted by molar-refractivity contribution is 5.88. The van der Waals surface area contributed by atoms with E-state index in [4.69, 9.17) is 10.5 Å². The first kappa shape index (κ1) is 16.3. The van der Waals surface area contributed by atoms with Crippen LogP contribution in [0.5, 0.6) is 5.75 Å². The van der Waals surface area contributed by atoms with E-state index in [0.29, 0.717) is 12.3 Å². The molecule has 0 saturated heterocycles. The minimum Gasteiger partial charge on any atom is -0.483 e. The zero-order valence-corrected chi connectivity index (χ0v) is 13.1. The van der Waals surface area contributed by atoms with Crippen molar-refractivity contribution in [2.24, 2.45) is 5.73 Å². The lowest BCUT2D eigenvalue weighted by Gasteiger charge is -2.15. The van der Waals surface area contributed by atoms with Crippen LogP contribution in [0.2, 0.25) is 0 Å². The Balaban J connectivity index is 2.21. The Labute approximate surface area is 131 Å². The largest absolute Gasteiger partial charge is 0.483 e. The molecule has 0 aliphatic rings. The first-order valence-corrected chi connectivity index (χ1v) is 7.35. The number of hydrogen-bond donors (Lipinski definition) is 2. The van der Waals surface area contributed by atoms with Crippen LogP contribution in [0, 0.1) is 0 Å². The lowest BCUT2D eigenvalue weighted by molar-refractivity contribution is -0.119. The fourth-order valence-electron chi connectivity index (χ4n) is 2.30. The molecular weight excluding hydrogens is 278 g/mol. The SMILES string of the molecule is CN(C)CCNCc1c(OCC(N)=O)ccc2ccccc12. The zero-order chi connectivity index (χ0) is 15.9. The third-order valence-corrected chi connectivity index (χ3v) is 3.41. The van der Waals surface area contributed by atoms with E-state index < -0.39 is 5.91 Å². The number of benzene rings is 2. The number of fused-ring (bicyclic) bond motifs is 1. The van der Waals surface area contributed by atoms with Gasteiger partial charge in [0.2, 0.25) is 0 Å². The van der Waals surface area contributed by atoms with Gasteiger partial charge in [0.25, 0.3) is 5.91 Å². The lowest BCUT2D eigenvalue weighted by atomic mass is 10.0. The van der Waals surface area contributed by atoms with Crippen molar-refractivity contribution in [1.82, 2.24) is 10.2 Å². The van der Waals surface area contributed by atoms with Gasteiger partial charge in [0, 0.05) is 25.2 Å². The molecule has 0 aliphatic heterocycles. The maximum absolute atomic E-state index is 11.0. The molecule has 22 heavy (non-hydrogen) atoms. The monoisotopic (exact) mass is 301 g/mol. The molecule has 118 valence electrons. The summed E-state index contributed by atoms with van der Waals surface area (Å²) in [7, 11) is 4.09. The van der Waals surface area contributed by atoms with E-state index in [1.807, 2.05) is 38.4 Å². The Morgan fingerprint density at radius 3 is 2.73 bits per heavy atom. The highest BCUT2D eigenvalue weighted by Gasteiger charge is 2.09. The van der Waals surface area contributed by atoms with Gasteiger partial charge < -0.3 is 20.7 Å². The standard InChI is InChI=1S/C17H23N3O2/c1-20(2)10-9-19-11-15-14-6-4-3-5-13(14)7-8-16(15)22-12-17(18)21/h3-8,19H,9-12H2,1-2H3,(H2,18,21). The van der Waals surface area contributed by atoms with Crippen molar-refractivity contribution < 1.29 is 9.53 Å². The van der Waals surface area contributed by atoms with Gasteiger partial charge in [-0.1, -0.05) is 30.3 Å². The lowest BCUT2D eigenvalue weighted by Crippen LogP contribution is -2.26. The van der Waals surface area contributed by atoms with Gasteiger partial charge in [0.05, 0.1) is 0 Å². The maximum atomic E-state index is 11.0. The molecule has 2 aromatic carbocycles. The number of primary amides is 1. The van der Waals surface area contributed by atoms with Crippen LogP contribution in [0.1, 0.15) is 5.56 Å². The van der Waals surface area contributed by atoms with Gasteiger partial charge >= 0.3 is 0 Å². The minimum absolute atomic E-state index is 0.108. The Morgan fingerprint density at radius 1 is 1.23 bits per heavy atom. The number of ether oxygens (including phenoxy) is 1. The van der Waals surface area contributed by atoms with Crippen LogP contribution in [-0.4, -0.2) is 44.6 Å². The van der Waals surface area contributed by atoms with Crippen LogP contribution in [0.3, 0.4) is 0 Å². The molecule has 0 fully saturated rings. The number of hydrogen-bond acceptors (Lipinski definition) is 4. The number of carbonyl (C=O) groups is 1. The molecule has 5 nitrogen and oxygen atoms in total. The van der Waals surface area contributed by atoms with E-state index in [1.54, 1.807) is 0 Å². The number of nitrogens with zero attached hydrogens (tertiary/aromatic N) is 1. The Hall–Kier alpha value is -2.11. The van der Waals surface area contributed by atoms with Gasteiger partial charge in [-0.15, -0.1) is 0 Å². The highest BCUT2D eigenvalue weighted by atomic mass is 16.5. The molecule has 0 radical (unpaired) electrons. The zero-order valence-electron chi connectivity index (χ0n) is 13.1. The number of rotatable bonds is 8. The summed E-state index contributed by atoms with van der Waals surface area (Å²) in [6.07, 6.45) is 0. The van der Waals surface area contributed by atoms with Gasteiger partial charge in [-0.25, -0.2) is 0 Å². The molecule has 0 atom stereocenters. The van der Waals surface area contributed by atoms with Gasteiger partial charge in [-0.05, 0) is 30.9 Å². The molecule has 0 aliphatic carbocycles. The van der Waals surface area contributed by atoms with Crippen molar-refractivity contribution in [3.63, 3.8) is 0 Å². The van der Waals surface area contributed by atoms with Crippen molar-refractivity contribution >= 4 is 16.7 Å². The van der Waals surface area contributed by atoms with E-state index in [2.05, 4.69) is 22.3 Å². The van der Waals surface area contributed by atoms with Crippen LogP contribution in [0.25, 0.3) is 10.8 Å². The summed E-state index contributed by atoms with van der Waals surface area (Å²) in [6, 6.07) is 12.0. The molecule has 0 bridgehead atoms. The summed E-state index contributed by atoms with van der Waals surface area (Å²) in [5.41, 5.74) is 6.23. The normalized spacial score (nSPS) is 11.0. The van der Waals surface area contributed by atoms with E-state index in [-0.39, 0.29) is 6.61 Å². The summed E-state index contributed by atoms with van der Waals surface area (Å²) in [5, 5.41) is 5.69. The minimum atomic E-state index is -0.473. The molecule has 0 saturated carbocycles. The second kappa shape index (κ2) is 7.77. The summed E-state index contributed by atoms with van der Waals surface area (Å²) in [4.78, 5) is 13.1. The smallest absolute Gasteiger partial charge is 0.255 e. The maximum Gasteiger partial charge on any atom is 0.255 e. The molecule has 5 heteroatoms. The Bertz CT molecular complexity index is 641. The summed E-state index contributed by atoms with van der Waals surface area (Å²) >= 11 is 0. The van der Waals surface area contributed by atoms with Crippen molar-refractivity contribution in [3.8, 4) is 5.75 Å². The number of carbonyl (C=O) groups excluding carboxylic acids is 1. The fraction of sp³-hybridized carbons (Fsp3) is 0.353. The molecule has 0 spiro atoms. The topological polar surface area (TPSA) is 67.6 Å². The quantitative estimate of drug-likeness (QED) is 0.722. The molecule has 0 aromatic heterocycles. The van der Waals surface area contributed by atoms with Crippen molar-refractivity contribution in [2.45, 2.75) is 6.54 Å². The molecule has 0 heterocycles. The first-order chi connectivity index (χ1) is 10.6. The summed E-state index contributed by atoms with van der Waals surface area (Å²) < 4.78 is 5.56. The predicted octanol–water partition coefficient (Wildman–Crippen LogP) is 1.36. The van der Waals surface area contributed by atoms with Gasteiger partial charge in [0.1, 0.15) is 5.75 Å². The average Bonchev–Trinajstić information content (AvgIpc) is 2.49. The van der Waals surface area contributed by atoms with Gasteiger partial charge in [-0.3, -0.25) is 4.79 Å². The molecule has 2 aromatic rings. The Kier molecular flexibility index (Phi) is 5.75. The van der Waals surface area contributed by atoms with E-state index in [1.165, 1.54) is 0 Å². The van der Waals surface area contributed by atoms with Crippen molar-refractivity contribution in [1.29, 1.82) is 0 Å². The van der Waals surface area contributed by atoms with E-state index in [0.717, 1.165) is 29.4 Å². The molecular formula is C17H23N3O2. The van der Waals surface area contributed by atoms with Crippen molar-refractivity contribution in [2.75, 3.05) is 33.8 Å². The number of likely N-dealkylation sites (N-methyl/N-ethyl adjacent to an activating group) is 1. The molecule has 3 N–H and O–H groups in total. The highest BCUT2D eigenvalue weighted by Crippen LogP contribution is 2.28. The Morgan fingerprint density at radius 2 is 2.00 bits per heavy atom. The van der Waals surface area contributed by atoms with E-state index in [9.17, 15) is 4.79 Å². The number of nitrogens with one attached hydrogen (secondary N) is 1. The first-order valence-electron chi connectivity index (χ1n) is 7.35. The number of nitrogens with two attached hydrogens (primary N) is 1. The van der Waals surface area contributed by atoms with Crippen LogP contribution in [0.4, 0.5) is 0 Å². The van der Waals surface area contributed by atoms with E-state index >= 15 is 0 Å². The van der Waals surface area contributed by atoms with Crippen LogP contribution >= 0.6 is 0 Å². The second-order valence-corrected chi connectivity index (χ2v) is 5.50. The second-order valence-electron chi connectivity index (χ2n) is 5.50. The summed E-state index contributed by atoms with van der Waals surface area (Å²) in [5.74, 6) is 0.231. The van der Waals surface area contributed by atoms with Crippen LogP contribution in [0.15, 0.2) is 36.4 Å². The molecule has 1 amide bonds. The fourth-order valence-corrected chi connectivity index (χ4v) is 2.30. The van der Waals surface area contributed by atoms with Crippen LogP contribution < -0.4 is 15.8 Å². The third-order valence-electron chi connectivity index (χ3n) is 3.41. The van der Waals surface area contributed by atoms with Crippen LogP contribution in [-0.2, 0) is 11.3 Å². The van der Waals surface area contributed by atoms with Gasteiger partial charge in [-0.2, -0.15) is 0 Å². The predicted molar refractivity (Wildman–Crippen MR) is 88.9 cm³/mol. The molecule has 0 unspecified atom stereocenters. The van der Waals surface area contributed by atoms with Gasteiger partial charge in [0.15, 0.2) is 6.61 Å². The third kappa shape index (κ3) is 4.44. The van der Waals surface area contributed by atoms with Crippen molar-refractivity contribution in [3.05, 3.63) is 42.0 Å². The number of amides is 1. The molecule has 2 rings (SSSR count). The summed E-state index contributed by atoms with van der Waals surface area (Å²) in [6.45, 7) is 2.42.